The molecule has 1 aromatic carbocycles. The number of carbonyl (C=O) groups is 2. The number of hydrogen-bond acceptors (Lipinski definition) is 3. The number of para-hydroxylation sites is 1. The van der Waals surface area contributed by atoms with E-state index in [1.165, 1.54) is 4.90 Å². The third kappa shape index (κ3) is 3.08. The summed E-state index contributed by atoms with van der Waals surface area (Å²) >= 11 is 0. The SMILES string of the molecule is C[NH+](Cc1cnn(-c2ccccc2)c1)CN1C(=O)[C@H]2CC=CC[C@@H]2C1=O. The van der Waals surface area contributed by atoms with Gasteiger partial charge in [0.05, 0.1) is 30.8 Å². The van der Waals surface area contributed by atoms with Gasteiger partial charge < -0.3 is 4.90 Å². The molecule has 2 aliphatic rings. The van der Waals surface area contributed by atoms with Crippen LogP contribution in [0.3, 0.4) is 0 Å². The molecule has 1 aliphatic heterocycles. The Morgan fingerprint density at radius 2 is 1.73 bits per heavy atom. The molecule has 4 rings (SSSR count). The molecule has 1 saturated heterocycles. The van der Waals surface area contributed by atoms with Gasteiger partial charge in [-0.3, -0.25) is 9.59 Å². The number of aromatic nitrogens is 2. The maximum Gasteiger partial charge on any atom is 0.237 e. The van der Waals surface area contributed by atoms with Crippen LogP contribution >= 0.6 is 0 Å². The van der Waals surface area contributed by atoms with Gasteiger partial charge in [0.2, 0.25) is 11.8 Å². The second kappa shape index (κ2) is 6.88. The van der Waals surface area contributed by atoms with Crippen molar-refractivity contribution in [2.24, 2.45) is 11.8 Å². The number of amides is 2. The third-order valence-electron chi connectivity index (χ3n) is 5.19. The smallest absolute Gasteiger partial charge is 0.237 e. The molecular weight excluding hydrogens is 328 g/mol. The molecular formula is C20H23N4O2+. The molecule has 1 unspecified atom stereocenters. The van der Waals surface area contributed by atoms with Crippen LogP contribution in [0.4, 0.5) is 0 Å². The summed E-state index contributed by atoms with van der Waals surface area (Å²) in [4.78, 5) is 27.7. The van der Waals surface area contributed by atoms with E-state index in [2.05, 4.69) is 5.10 Å². The van der Waals surface area contributed by atoms with Crippen molar-refractivity contribution in [2.75, 3.05) is 13.7 Å². The number of hydrogen-bond donors (Lipinski definition) is 1. The Morgan fingerprint density at radius 3 is 2.38 bits per heavy atom. The number of benzene rings is 1. The minimum absolute atomic E-state index is 0.0105. The molecule has 3 atom stereocenters. The Bertz CT molecular complexity index is 817. The van der Waals surface area contributed by atoms with Crippen LogP contribution in [0, 0.1) is 11.8 Å². The Kier molecular flexibility index (Phi) is 4.42. The van der Waals surface area contributed by atoms with Gasteiger partial charge in [0, 0.05) is 11.8 Å². The number of likely N-dealkylation sites (tertiary alicyclic amines) is 1. The van der Waals surface area contributed by atoms with Crippen molar-refractivity contribution < 1.29 is 14.5 Å². The molecule has 1 N–H and O–H groups in total. The maximum atomic E-state index is 12.6. The highest BCUT2D eigenvalue weighted by Gasteiger charge is 2.48. The van der Waals surface area contributed by atoms with Gasteiger partial charge in [-0.25, -0.2) is 9.58 Å². The molecule has 1 aliphatic carbocycles. The van der Waals surface area contributed by atoms with Crippen molar-refractivity contribution in [1.82, 2.24) is 14.7 Å². The number of fused-ring (bicyclic) bond motifs is 1. The summed E-state index contributed by atoms with van der Waals surface area (Å²) in [5.74, 6) is -0.324. The standard InChI is InChI=1S/C20H22N4O2/c1-22(12-15-11-21-24(13-15)16-7-3-2-4-8-16)14-23-19(25)17-9-5-6-10-18(17)20(23)26/h2-8,11,13,17-18H,9-10,12,14H2,1H3/p+1/t17-,18-/m0/s1. The summed E-state index contributed by atoms with van der Waals surface area (Å²) in [5, 5.41) is 4.41. The van der Waals surface area contributed by atoms with Gasteiger partial charge in [-0.05, 0) is 25.0 Å². The van der Waals surface area contributed by atoms with E-state index in [1.807, 2.05) is 66.6 Å². The molecule has 2 heterocycles. The van der Waals surface area contributed by atoms with Crippen LogP contribution in [0.25, 0.3) is 5.69 Å². The number of allylic oxidation sites excluding steroid dienone is 2. The second-order valence-electron chi connectivity index (χ2n) is 7.18. The summed E-state index contributed by atoms with van der Waals surface area (Å²) in [5.41, 5.74) is 2.09. The predicted octanol–water partition coefficient (Wildman–Crippen LogP) is 0.796. The molecule has 0 bridgehead atoms. The van der Waals surface area contributed by atoms with Gasteiger partial charge in [-0.2, -0.15) is 5.10 Å². The summed E-state index contributed by atoms with van der Waals surface area (Å²) in [6, 6.07) is 9.94. The molecule has 1 fully saturated rings. The van der Waals surface area contributed by atoms with Gasteiger partial charge in [-0.1, -0.05) is 30.4 Å². The fourth-order valence-corrected chi connectivity index (χ4v) is 3.87. The monoisotopic (exact) mass is 351 g/mol. The summed E-state index contributed by atoms with van der Waals surface area (Å²) in [6.07, 6.45) is 9.25. The average Bonchev–Trinajstić information content (AvgIpc) is 3.22. The first kappa shape index (κ1) is 16.7. The molecule has 0 saturated carbocycles. The van der Waals surface area contributed by atoms with Crippen LogP contribution in [0.2, 0.25) is 0 Å². The van der Waals surface area contributed by atoms with Gasteiger partial charge in [0.1, 0.15) is 6.54 Å². The second-order valence-corrected chi connectivity index (χ2v) is 7.18. The number of quaternary nitrogens is 1. The van der Waals surface area contributed by atoms with Crippen LogP contribution in [0.1, 0.15) is 18.4 Å². The van der Waals surface area contributed by atoms with Crippen molar-refractivity contribution >= 4 is 11.8 Å². The zero-order valence-corrected chi connectivity index (χ0v) is 14.8. The van der Waals surface area contributed by atoms with Gasteiger partial charge in [0.25, 0.3) is 0 Å². The lowest BCUT2D eigenvalue weighted by Crippen LogP contribution is -3.09. The van der Waals surface area contributed by atoms with Gasteiger partial charge >= 0.3 is 0 Å². The quantitative estimate of drug-likeness (QED) is 0.640. The molecule has 2 aromatic rings. The van der Waals surface area contributed by atoms with E-state index < -0.39 is 0 Å². The third-order valence-corrected chi connectivity index (χ3v) is 5.19. The summed E-state index contributed by atoms with van der Waals surface area (Å²) in [6.45, 7) is 1.11. The first-order chi connectivity index (χ1) is 12.6. The maximum absolute atomic E-state index is 12.6. The first-order valence-corrected chi connectivity index (χ1v) is 9.04. The Hall–Kier alpha value is -2.73. The predicted molar refractivity (Wildman–Crippen MR) is 96.2 cm³/mol. The average molecular weight is 351 g/mol. The number of nitrogens with one attached hydrogen (secondary N) is 1. The van der Waals surface area contributed by atoms with E-state index in [1.54, 1.807) is 0 Å². The fourth-order valence-electron chi connectivity index (χ4n) is 3.87. The molecule has 134 valence electrons. The number of rotatable bonds is 5. The molecule has 0 spiro atoms. The molecule has 2 amide bonds. The van der Waals surface area contributed by atoms with Crippen molar-refractivity contribution in [3.05, 3.63) is 60.4 Å². The van der Waals surface area contributed by atoms with E-state index in [9.17, 15) is 9.59 Å². The number of imide groups is 1. The lowest BCUT2D eigenvalue weighted by atomic mass is 9.85. The molecule has 0 radical (unpaired) electrons. The van der Waals surface area contributed by atoms with Crippen LogP contribution in [0.15, 0.2) is 54.9 Å². The van der Waals surface area contributed by atoms with Crippen molar-refractivity contribution in [3.63, 3.8) is 0 Å². The molecule has 6 heteroatoms. The van der Waals surface area contributed by atoms with Crippen LogP contribution in [-0.2, 0) is 16.1 Å². The molecule has 1 aromatic heterocycles. The van der Waals surface area contributed by atoms with Gasteiger partial charge in [-0.15, -0.1) is 0 Å². The molecule has 26 heavy (non-hydrogen) atoms. The lowest BCUT2D eigenvalue weighted by Gasteiger charge is -2.20. The van der Waals surface area contributed by atoms with Crippen molar-refractivity contribution in [1.29, 1.82) is 0 Å². The number of carbonyl (C=O) groups excluding carboxylic acids is 2. The Morgan fingerprint density at radius 1 is 1.08 bits per heavy atom. The first-order valence-electron chi connectivity index (χ1n) is 9.04. The summed E-state index contributed by atoms with van der Waals surface area (Å²) < 4.78 is 1.84. The van der Waals surface area contributed by atoms with Crippen molar-refractivity contribution in [3.8, 4) is 5.69 Å². The Labute approximate surface area is 152 Å². The summed E-state index contributed by atoms with van der Waals surface area (Å²) in [7, 11) is 2.00. The van der Waals surface area contributed by atoms with Crippen LogP contribution in [0.5, 0.6) is 0 Å². The van der Waals surface area contributed by atoms with Crippen molar-refractivity contribution in [2.45, 2.75) is 19.4 Å². The minimum atomic E-state index is -0.152. The van der Waals surface area contributed by atoms with Gasteiger partial charge in [0.15, 0.2) is 6.67 Å². The zero-order chi connectivity index (χ0) is 18.1. The highest BCUT2D eigenvalue weighted by atomic mass is 16.2. The minimum Gasteiger partial charge on any atom is -0.316 e. The topological polar surface area (TPSA) is 59.6 Å². The zero-order valence-electron chi connectivity index (χ0n) is 14.8. The largest absolute Gasteiger partial charge is 0.316 e. The van der Waals surface area contributed by atoms with E-state index in [4.69, 9.17) is 0 Å². The van der Waals surface area contributed by atoms with E-state index in [-0.39, 0.29) is 23.7 Å². The van der Waals surface area contributed by atoms with E-state index >= 15 is 0 Å². The van der Waals surface area contributed by atoms with E-state index in [0.29, 0.717) is 26.1 Å². The van der Waals surface area contributed by atoms with Crippen LogP contribution < -0.4 is 4.90 Å². The Balaban J connectivity index is 1.40. The number of nitrogens with zero attached hydrogens (tertiary/aromatic N) is 3. The highest BCUT2D eigenvalue weighted by Crippen LogP contribution is 2.34. The van der Waals surface area contributed by atoms with Crippen LogP contribution in [-0.4, -0.2) is 40.2 Å². The van der Waals surface area contributed by atoms with E-state index in [0.717, 1.165) is 16.2 Å². The lowest BCUT2D eigenvalue weighted by molar-refractivity contribution is -0.901. The molecule has 6 nitrogen and oxygen atoms in total. The highest BCUT2D eigenvalue weighted by molar-refractivity contribution is 6.05. The normalized spacial score (nSPS) is 23.3. The fraction of sp³-hybridized carbons (Fsp3) is 0.350.